The third kappa shape index (κ3) is 6.09. The zero-order valence-corrected chi connectivity index (χ0v) is 11.0. The van der Waals surface area contributed by atoms with E-state index in [1.54, 1.807) is 6.92 Å². The Morgan fingerprint density at radius 2 is 2.15 bits per heavy atom. The van der Waals surface area contributed by atoms with Gasteiger partial charge in [-0.05, 0) is 30.2 Å². The lowest BCUT2D eigenvalue weighted by atomic mass is 10.1. The number of rotatable bonds is 7. The van der Waals surface area contributed by atoms with Gasteiger partial charge in [0.15, 0.2) is 0 Å². The average Bonchev–Trinajstić information content (AvgIpc) is 2.89. The van der Waals surface area contributed by atoms with E-state index in [-0.39, 0.29) is 13.0 Å². The van der Waals surface area contributed by atoms with E-state index in [2.05, 4.69) is 31.0 Å². The molecule has 0 aromatic heterocycles. The molecule has 1 atom stereocenters. The summed E-state index contributed by atoms with van der Waals surface area (Å²) < 4.78 is 13.2. The van der Waals surface area contributed by atoms with Crippen molar-refractivity contribution in [2.24, 2.45) is 37.1 Å². The maximum absolute atomic E-state index is 13.2. The first kappa shape index (κ1) is 15.8. The van der Waals surface area contributed by atoms with Crippen molar-refractivity contribution in [1.82, 2.24) is 5.32 Å². The lowest BCUT2D eigenvalue weighted by Crippen LogP contribution is -2.43. The van der Waals surface area contributed by atoms with Gasteiger partial charge in [0.2, 0.25) is 5.91 Å². The molecule has 0 radical (unpaired) electrons. The van der Waals surface area contributed by atoms with Gasteiger partial charge in [0.25, 0.3) is 6.29 Å². The third-order valence-corrected chi connectivity index (χ3v) is 2.29. The number of nitrogens with zero attached hydrogens (tertiary/aromatic N) is 5. The minimum absolute atomic E-state index is 0.105. The van der Waals surface area contributed by atoms with E-state index in [1.807, 2.05) is 0 Å². The number of hydrogen-bond donors (Lipinski definition) is 3. The van der Waals surface area contributed by atoms with Crippen LogP contribution in [0.1, 0.15) is 19.8 Å². The molecule has 1 rings (SSSR count). The number of aliphatic imine (C=N–C) groups is 1. The molecule has 110 valence electrons. The Morgan fingerprint density at radius 1 is 1.50 bits per heavy atom. The molecule has 1 aliphatic rings. The van der Waals surface area contributed by atoms with Crippen LogP contribution in [-0.2, 0) is 4.79 Å². The fourth-order valence-electron chi connectivity index (χ4n) is 1.27. The van der Waals surface area contributed by atoms with E-state index in [0.717, 1.165) is 0 Å². The molecule has 0 fully saturated rings. The monoisotopic (exact) mass is 284 g/mol. The largest absolute Gasteiger partial charge is 0.388 e. The first-order valence-corrected chi connectivity index (χ1v) is 5.96. The molecule has 1 heterocycles. The van der Waals surface area contributed by atoms with Crippen LogP contribution in [0.4, 0.5) is 4.39 Å². The molecule has 5 N–H and O–H groups in total. The van der Waals surface area contributed by atoms with Crippen LogP contribution < -0.4 is 16.8 Å². The van der Waals surface area contributed by atoms with E-state index in [4.69, 9.17) is 11.5 Å². The molecule has 1 aliphatic heterocycles. The van der Waals surface area contributed by atoms with Gasteiger partial charge < -0.3 is 16.8 Å². The van der Waals surface area contributed by atoms with Gasteiger partial charge in [0.1, 0.15) is 5.83 Å². The van der Waals surface area contributed by atoms with Gasteiger partial charge in [0, 0.05) is 0 Å². The Kier molecular flexibility index (Phi) is 6.37. The molecule has 0 bridgehead atoms. The Balaban J connectivity index is 2.28. The van der Waals surface area contributed by atoms with Crippen LogP contribution in [0.25, 0.3) is 0 Å². The van der Waals surface area contributed by atoms with Crippen molar-refractivity contribution < 1.29 is 9.18 Å². The zero-order chi connectivity index (χ0) is 15.0. The molecule has 0 unspecified atom stereocenters. The van der Waals surface area contributed by atoms with Crippen LogP contribution in [0.5, 0.6) is 0 Å². The van der Waals surface area contributed by atoms with E-state index in [9.17, 15) is 9.18 Å². The van der Waals surface area contributed by atoms with E-state index in [0.29, 0.717) is 12.3 Å². The summed E-state index contributed by atoms with van der Waals surface area (Å²) in [5.41, 5.74) is 10.9. The molecule has 9 nitrogen and oxygen atoms in total. The highest BCUT2D eigenvalue weighted by molar-refractivity contribution is 5.81. The summed E-state index contributed by atoms with van der Waals surface area (Å²) in [5, 5.41) is 15.9. The quantitative estimate of drug-likeness (QED) is 0.464. The molecule has 20 heavy (non-hydrogen) atoms. The fourth-order valence-corrected chi connectivity index (χ4v) is 1.27. The van der Waals surface area contributed by atoms with Crippen LogP contribution in [0.15, 0.2) is 37.6 Å². The number of hydrogen-bond acceptors (Lipinski definition) is 7. The second-order valence-corrected chi connectivity index (χ2v) is 4.08. The Hall–Kier alpha value is -2.23. The molecule has 1 amide bonds. The number of carbonyl (C=O) groups excluding carboxylic acids is 1. The summed E-state index contributed by atoms with van der Waals surface area (Å²) >= 11 is 0. The highest BCUT2D eigenvalue weighted by atomic mass is 19.1. The summed E-state index contributed by atoms with van der Waals surface area (Å²) in [7, 11) is 0. The van der Waals surface area contributed by atoms with Gasteiger partial charge in [0.05, 0.1) is 18.4 Å². The van der Waals surface area contributed by atoms with Crippen molar-refractivity contribution in [1.29, 1.82) is 0 Å². The van der Waals surface area contributed by atoms with Crippen molar-refractivity contribution in [3.63, 3.8) is 0 Å². The van der Waals surface area contributed by atoms with Crippen LogP contribution in [-0.4, -0.2) is 30.6 Å². The molecule has 0 aliphatic carbocycles. The van der Waals surface area contributed by atoms with Gasteiger partial charge in [-0.15, -0.1) is 10.2 Å². The van der Waals surface area contributed by atoms with E-state index < -0.39 is 24.1 Å². The number of nitrogens with one attached hydrogen (secondary N) is 1. The van der Waals surface area contributed by atoms with Crippen LogP contribution >= 0.6 is 0 Å². The van der Waals surface area contributed by atoms with Crippen LogP contribution in [0.2, 0.25) is 0 Å². The maximum atomic E-state index is 13.2. The number of halogens is 1. The average molecular weight is 284 g/mol. The lowest BCUT2D eigenvalue weighted by Gasteiger charge is -2.11. The Bertz CT molecular complexity index is 442. The van der Waals surface area contributed by atoms with Crippen molar-refractivity contribution in [3.8, 4) is 0 Å². The van der Waals surface area contributed by atoms with E-state index in [1.165, 1.54) is 6.08 Å². The summed E-state index contributed by atoms with van der Waals surface area (Å²) in [5.74, 6) is -0.551. The van der Waals surface area contributed by atoms with Gasteiger partial charge in [-0.2, -0.15) is 0 Å². The lowest BCUT2D eigenvalue weighted by molar-refractivity contribution is -0.123. The highest BCUT2D eigenvalue weighted by Crippen LogP contribution is 2.05. The number of carbonyl (C=O) groups is 1. The fraction of sp³-hybridized carbons (Fsp3) is 0.600. The second-order valence-electron chi connectivity index (χ2n) is 4.08. The summed E-state index contributed by atoms with van der Waals surface area (Å²) in [6.07, 6.45) is 1.11. The number of amides is 1. The van der Waals surface area contributed by atoms with Crippen molar-refractivity contribution in [3.05, 3.63) is 11.9 Å². The molecule has 0 saturated heterocycles. The number of nitrogens with two attached hydrogens (primary N) is 2. The topological polar surface area (TPSA) is 143 Å². The molecule has 0 aromatic carbocycles. The van der Waals surface area contributed by atoms with Crippen molar-refractivity contribution in [2.75, 3.05) is 6.54 Å². The van der Waals surface area contributed by atoms with Gasteiger partial charge >= 0.3 is 0 Å². The molecular weight excluding hydrogens is 267 g/mol. The summed E-state index contributed by atoms with van der Waals surface area (Å²) in [6, 6.07) is -0.787. The summed E-state index contributed by atoms with van der Waals surface area (Å²) in [4.78, 5) is 15.3. The Morgan fingerprint density at radius 3 is 2.75 bits per heavy atom. The minimum Gasteiger partial charge on any atom is -0.388 e. The van der Waals surface area contributed by atoms with Crippen molar-refractivity contribution >= 4 is 11.7 Å². The predicted octanol–water partition coefficient (Wildman–Crippen LogP) is 0.557. The number of allylic oxidation sites excluding steroid dienone is 1. The van der Waals surface area contributed by atoms with Gasteiger partial charge in [-0.25, -0.2) is 4.39 Å². The first-order valence-electron chi connectivity index (χ1n) is 5.96. The molecule has 10 heteroatoms. The molecule has 0 saturated carbocycles. The van der Waals surface area contributed by atoms with Crippen LogP contribution in [0, 0.1) is 0 Å². The Labute approximate surface area is 115 Å². The van der Waals surface area contributed by atoms with Gasteiger partial charge in [-0.1, -0.05) is 6.08 Å². The third-order valence-electron chi connectivity index (χ3n) is 2.29. The van der Waals surface area contributed by atoms with Gasteiger partial charge in [-0.3, -0.25) is 9.79 Å². The second kappa shape index (κ2) is 8.04. The van der Waals surface area contributed by atoms with Crippen molar-refractivity contribution in [2.45, 2.75) is 32.1 Å². The minimum atomic E-state index is -0.817. The zero-order valence-electron chi connectivity index (χ0n) is 11.0. The first-order chi connectivity index (χ1) is 9.49. The van der Waals surface area contributed by atoms with E-state index >= 15 is 0 Å². The molecule has 0 aromatic rings. The van der Waals surface area contributed by atoms with Crippen LogP contribution in [0.3, 0.4) is 0 Å². The smallest absolute Gasteiger partial charge is 0.258 e. The molecule has 0 spiro atoms. The number of amidine groups is 1. The molecular formula is C10H17FN8O. The standard InChI is InChI=1S/C10H17FN8O/c1-6(12)14-5-7(11)3-2-4-8(13)9(20)15-10-16-18-19-17-10/h3,8,10H,2,4-5,13H2,1H3,(H2,12,14)(H,15,20)/b7-3+/t8-/m0/s1. The predicted molar refractivity (Wildman–Crippen MR) is 70.2 cm³/mol. The SMILES string of the molecule is CC(N)=NC/C(F)=C\CC[C@H](N)C(=O)NC1N=NN=N1. The highest BCUT2D eigenvalue weighted by Gasteiger charge is 2.18. The maximum Gasteiger partial charge on any atom is 0.258 e. The normalized spacial score (nSPS) is 17.6. The summed E-state index contributed by atoms with van der Waals surface area (Å²) in [6.45, 7) is 1.47.